The SMILES string of the molecule is CN1C(=O)C(NC(=O)c2ccc(N3CCCCC3=O)cc2)CC1C(N)=O. The van der Waals surface area contributed by atoms with Gasteiger partial charge in [0.25, 0.3) is 5.91 Å². The molecule has 1 aromatic carbocycles. The second-order valence-electron chi connectivity index (χ2n) is 6.68. The quantitative estimate of drug-likeness (QED) is 0.790. The van der Waals surface area contributed by atoms with Gasteiger partial charge in [-0.1, -0.05) is 0 Å². The Morgan fingerprint density at radius 3 is 2.42 bits per heavy atom. The molecule has 8 nitrogen and oxygen atoms in total. The summed E-state index contributed by atoms with van der Waals surface area (Å²) in [4.78, 5) is 50.8. The van der Waals surface area contributed by atoms with E-state index >= 15 is 0 Å². The number of nitrogens with two attached hydrogens (primary N) is 1. The molecule has 2 atom stereocenters. The summed E-state index contributed by atoms with van der Waals surface area (Å²) in [5, 5.41) is 2.65. The van der Waals surface area contributed by atoms with Crippen molar-refractivity contribution >= 4 is 29.3 Å². The van der Waals surface area contributed by atoms with Crippen molar-refractivity contribution in [3.63, 3.8) is 0 Å². The van der Waals surface area contributed by atoms with Crippen LogP contribution in [0, 0.1) is 0 Å². The van der Waals surface area contributed by atoms with Gasteiger partial charge < -0.3 is 20.9 Å². The van der Waals surface area contributed by atoms with Crippen molar-refractivity contribution in [2.75, 3.05) is 18.5 Å². The molecule has 26 heavy (non-hydrogen) atoms. The van der Waals surface area contributed by atoms with E-state index in [9.17, 15) is 19.2 Å². The van der Waals surface area contributed by atoms with E-state index in [1.54, 1.807) is 29.2 Å². The van der Waals surface area contributed by atoms with Crippen molar-refractivity contribution in [2.24, 2.45) is 5.73 Å². The van der Waals surface area contributed by atoms with E-state index in [-0.39, 0.29) is 18.2 Å². The Balaban J connectivity index is 1.66. The van der Waals surface area contributed by atoms with E-state index in [4.69, 9.17) is 5.73 Å². The average molecular weight is 358 g/mol. The van der Waals surface area contributed by atoms with Crippen LogP contribution in [-0.4, -0.2) is 54.2 Å². The van der Waals surface area contributed by atoms with E-state index in [1.165, 1.54) is 11.9 Å². The van der Waals surface area contributed by atoms with Gasteiger partial charge in [-0.25, -0.2) is 0 Å². The summed E-state index contributed by atoms with van der Waals surface area (Å²) >= 11 is 0. The molecule has 3 rings (SSSR count). The van der Waals surface area contributed by atoms with Crippen LogP contribution < -0.4 is 16.0 Å². The van der Waals surface area contributed by atoms with Crippen LogP contribution in [0.5, 0.6) is 0 Å². The van der Waals surface area contributed by atoms with E-state index in [2.05, 4.69) is 5.32 Å². The highest BCUT2D eigenvalue weighted by Crippen LogP contribution is 2.22. The molecule has 0 spiro atoms. The van der Waals surface area contributed by atoms with Crippen LogP contribution in [-0.2, 0) is 14.4 Å². The zero-order chi connectivity index (χ0) is 18.8. The van der Waals surface area contributed by atoms with Gasteiger partial charge in [0.2, 0.25) is 17.7 Å². The lowest BCUT2D eigenvalue weighted by atomic mass is 10.1. The van der Waals surface area contributed by atoms with E-state index in [1.807, 2.05) is 0 Å². The van der Waals surface area contributed by atoms with Gasteiger partial charge in [0.15, 0.2) is 0 Å². The number of hydrogen-bond acceptors (Lipinski definition) is 4. The summed E-state index contributed by atoms with van der Waals surface area (Å²) in [5.74, 6) is -1.24. The predicted molar refractivity (Wildman–Crippen MR) is 94.3 cm³/mol. The summed E-state index contributed by atoms with van der Waals surface area (Å²) in [7, 11) is 1.49. The van der Waals surface area contributed by atoms with Crippen molar-refractivity contribution in [1.29, 1.82) is 0 Å². The molecule has 2 aliphatic heterocycles. The van der Waals surface area contributed by atoms with Crippen molar-refractivity contribution in [3.05, 3.63) is 29.8 Å². The number of nitrogens with zero attached hydrogens (tertiary/aromatic N) is 2. The first-order valence-corrected chi connectivity index (χ1v) is 8.66. The number of hydrogen-bond donors (Lipinski definition) is 2. The van der Waals surface area contributed by atoms with Crippen molar-refractivity contribution in [1.82, 2.24) is 10.2 Å². The van der Waals surface area contributed by atoms with Crippen LogP contribution in [0.25, 0.3) is 0 Å². The number of nitrogens with one attached hydrogen (secondary N) is 1. The minimum atomic E-state index is -0.770. The third kappa shape index (κ3) is 3.40. The second kappa shape index (κ2) is 7.15. The summed E-state index contributed by atoms with van der Waals surface area (Å²) in [5.41, 5.74) is 6.42. The Morgan fingerprint density at radius 2 is 1.85 bits per heavy atom. The average Bonchev–Trinajstić information content (AvgIpc) is 2.91. The zero-order valence-corrected chi connectivity index (χ0v) is 14.6. The van der Waals surface area contributed by atoms with E-state index in [0.29, 0.717) is 18.5 Å². The molecule has 3 N–H and O–H groups in total. The predicted octanol–water partition coefficient (Wildman–Crippen LogP) is 0.0179. The first kappa shape index (κ1) is 17.9. The molecule has 4 amide bonds. The van der Waals surface area contributed by atoms with Gasteiger partial charge in [0.05, 0.1) is 0 Å². The number of likely N-dealkylation sites (N-methyl/N-ethyl adjacent to an activating group) is 1. The number of piperidine rings is 1. The molecule has 0 aliphatic carbocycles. The molecule has 138 valence electrons. The van der Waals surface area contributed by atoms with Crippen LogP contribution in [0.4, 0.5) is 5.69 Å². The number of anilines is 1. The van der Waals surface area contributed by atoms with E-state index in [0.717, 1.165) is 18.5 Å². The molecule has 0 aromatic heterocycles. The van der Waals surface area contributed by atoms with Crippen LogP contribution in [0.2, 0.25) is 0 Å². The van der Waals surface area contributed by atoms with Crippen LogP contribution >= 0.6 is 0 Å². The molecule has 2 fully saturated rings. The third-order valence-electron chi connectivity index (χ3n) is 4.97. The Morgan fingerprint density at radius 1 is 1.15 bits per heavy atom. The maximum Gasteiger partial charge on any atom is 0.251 e. The van der Waals surface area contributed by atoms with Gasteiger partial charge in [0.1, 0.15) is 12.1 Å². The maximum absolute atomic E-state index is 12.4. The van der Waals surface area contributed by atoms with Gasteiger partial charge in [-0.15, -0.1) is 0 Å². The highest BCUT2D eigenvalue weighted by molar-refractivity contribution is 6.00. The molecule has 2 aliphatic rings. The maximum atomic E-state index is 12.4. The molecule has 2 saturated heterocycles. The highest BCUT2D eigenvalue weighted by atomic mass is 16.2. The fraction of sp³-hybridized carbons (Fsp3) is 0.444. The summed E-state index contributed by atoms with van der Waals surface area (Å²) < 4.78 is 0. The molecular weight excluding hydrogens is 336 g/mol. The largest absolute Gasteiger partial charge is 0.368 e. The number of benzene rings is 1. The van der Waals surface area contributed by atoms with Gasteiger partial charge >= 0.3 is 0 Å². The normalized spacial score (nSPS) is 23.3. The summed E-state index contributed by atoms with van der Waals surface area (Å²) in [6.45, 7) is 0.682. The third-order valence-corrected chi connectivity index (χ3v) is 4.97. The molecular formula is C18H22N4O4. The first-order chi connectivity index (χ1) is 12.4. The van der Waals surface area contributed by atoms with Crippen molar-refractivity contribution < 1.29 is 19.2 Å². The fourth-order valence-corrected chi connectivity index (χ4v) is 3.42. The molecule has 2 unspecified atom stereocenters. The molecule has 2 heterocycles. The Kier molecular flexibility index (Phi) is 4.92. The summed E-state index contributed by atoms with van der Waals surface area (Å²) in [6.07, 6.45) is 2.58. The number of carbonyl (C=O) groups excluding carboxylic acids is 4. The number of carbonyl (C=O) groups is 4. The van der Waals surface area contributed by atoms with Crippen LogP contribution in [0.1, 0.15) is 36.0 Å². The second-order valence-corrected chi connectivity index (χ2v) is 6.68. The Hall–Kier alpha value is -2.90. The number of primary amides is 1. The molecule has 8 heteroatoms. The number of rotatable bonds is 4. The monoisotopic (exact) mass is 358 g/mol. The number of amides is 4. The van der Waals surface area contributed by atoms with Crippen LogP contribution in [0.15, 0.2) is 24.3 Å². The molecule has 1 aromatic rings. The minimum Gasteiger partial charge on any atom is -0.368 e. The topological polar surface area (TPSA) is 113 Å². The zero-order valence-electron chi connectivity index (χ0n) is 14.6. The number of likely N-dealkylation sites (tertiary alicyclic amines) is 1. The van der Waals surface area contributed by atoms with Crippen molar-refractivity contribution in [3.8, 4) is 0 Å². The molecule has 0 radical (unpaired) electrons. The standard InChI is InChI=1S/C18H22N4O4/c1-21-14(16(19)24)10-13(18(21)26)20-17(25)11-5-7-12(8-6-11)22-9-3-2-4-15(22)23/h5-8,13-14H,2-4,9-10H2,1H3,(H2,19,24)(H,20,25). The lowest BCUT2D eigenvalue weighted by Gasteiger charge is -2.26. The first-order valence-electron chi connectivity index (χ1n) is 8.66. The van der Waals surface area contributed by atoms with Gasteiger partial charge in [-0.3, -0.25) is 19.2 Å². The van der Waals surface area contributed by atoms with Gasteiger partial charge in [0, 0.05) is 37.7 Å². The van der Waals surface area contributed by atoms with Gasteiger partial charge in [-0.05, 0) is 37.1 Å². The Bertz CT molecular complexity index is 746. The molecule has 0 saturated carbocycles. The van der Waals surface area contributed by atoms with Crippen molar-refractivity contribution in [2.45, 2.75) is 37.8 Å². The highest BCUT2D eigenvalue weighted by Gasteiger charge is 2.40. The fourth-order valence-electron chi connectivity index (χ4n) is 3.42. The van der Waals surface area contributed by atoms with Crippen LogP contribution in [0.3, 0.4) is 0 Å². The smallest absolute Gasteiger partial charge is 0.251 e. The minimum absolute atomic E-state index is 0.0885. The van der Waals surface area contributed by atoms with E-state index < -0.39 is 23.9 Å². The molecule has 0 bridgehead atoms. The lowest BCUT2D eigenvalue weighted by Crippen LogP contribution is -2.41. The Labute approximate surface area is 151 Å². The van der Waals surface area contributed by atoms with Gasteiger partial charge in [-0.2, -0.15) is 0 Å². The summed E-state index contributed by atoms with van der Waals surface area (Å²) in [6, 6.07) is 5.23. The lowest BCUT2D eigenvalue weighted by molar-refractivity contribution is -0.133.